The minimum atomic E-state index is 0.0569. The van der Waals surface area contributed by atoms with Gasteiger partial charge in [0.05, 0.1) is 13.2 Å². The zero-order valence-electron chi connectivity index (χ0n) is 11.5. The molecule has 0 aliphatic heterocycles. The molecule has 0 aromatic carbocycles. The van der Waals surface area contributed by atoms with E-state index in [2.05, 4.69) is 30.7 Å². The van der Waals surface area contributed by atoms with Gasteiger partial charge >= 0.3 is 0 Å². The van der Waals surface area contributed by atoms with Gasteiger partial charge in [-0.15, -0.1) is 0 Å². The van der Waals surface area contributed by atoms with Gasteiger partial charge in [-0.3, -0.25) is 4.79 Å². The molecule has 0 atom stereocenters. The summed E-state index contributed by atoms with van der Waals surface area (Å²) < 4.78 is 5.08. The number of hydrogen-bond donors (Lipinski definition) is 2. The second-order valence-corrected chi connectivity index (χ2v) is 5.31. The van der Waals surface area contributed by atoms with Crippen LogP contribution in [-0.2, 0) is 9.53 Å². The Morgan fingerprint density at radius 2 is 2.00 bits per heavy atom. The lowest BCUT2D eigenvalue weighted by atomic mass is 10.0. The van der Waals surface area contributed by atoms with Crippen LogP contribution in [0, 0.1) is 0 Å². The number of carbonyl (C=O) groups excluding carboxylic acids is 1. The molecule has 4 nitrogen and oxygen atoms in total. The topological polar surface area (TPSA) is 50.4 Å². The molecule has 102 valence electrons. The lowest BCUT2D eigenvalue weighted by Gasteiger charge is -2.29. The van der Waals surface area contributed by atoms with E-state index in [4.69, 9.17) is 4.74 Å². The Hall–Kier alpha value is -0.260. The second-order valence-electron chi connectivity index (χ2n) is 4.04. The van der Waals surface area contributed by atoms with Crippen molar-refractivity contribution in [1.82, 2.24) is 10.6 Å². The molecule has 0 saturated carbocycles. The fourth-order valence-electron chi connectivity index (χ4n) is 1.56. The van der Waals surface area contributed by atoms with E-state index in [-0.39, 0.29) is 10.7 Å². The minimum absolute atomic E-state index is 0.0569. The van der Waals surface area contributed by atoms with E-state index in [1.54, 1.807) is 7.11 Å². The third kappa shape index (κ3) is 6.91. The van der Waals surface area contributed by atoms with Crippen molar-refractivity contribution in [3.05, 3.63) is 0 Å². The predicted octanol–water partition coefficient (Wildman–Crippen LogP) is 1.26. The van der Waals surface area contributed by atoms with E-state index in [1.165, 1.54) is 0 Å². The van der Waals surface area contributed by atoms with E-state index < -0.39 is 0 Å². The van der Waals surface area contributed by atoms with Gasteiger partial charge in [-0.2, -0.15) is 11.8 Å². The van der Waals surface area contributed by atoms with Crippen molar-refractivity contribution in [3.8, 4) is 0 Å². The van der Waals surface area contributed by atoms with Gasteiger partial charge in [0.25, 0.3) is 0 Å². The Kier molecular flexibility index (Phi) is 9.59. The van der Waals surface area contributed by atoms with Gasteiger partial charge in [-0.05, 0) is 19.1 Å². The Bertz CT molecular complexity index is 200. The van der Waals surface area contributed by atoms with Crippen molar-refractivity contribution in [2.75, 3.05) is 39.6 Å². The summed E-state index contributed by atoms with van der Waals surface area (Å²) in [5.41, 5.74) is 0. The summed E-state index contributed by atoms with van der Waals surface area (Å²) in [6.45, 7) is 6.78. The summed E-state index contributed by atoms with van der Waals surface area (Å²) in [5, 5.41) is 6.02. The predicted molar refractivity (Wildman–Crippen MR) is 74.6 cm³/mol. The molecule has 0 fully saturated rings. The Labute approximate surface area is 109 Å². The average molecular weight is 262 g/mol. The Morgan fingerprint density at radius 1 is 1.35 bits per heavy atom. The van der Waals surface area contributed by atoms with Crippen molar-refractivity contribution in [2.45, 2.75) is 31.4 Å². The molecule has 0 aromatic rings. The highest BCUT2D eigenvalue weighted by atomic mass is 32.2. The van der Waals surface area contributed by atoms with Crippen LogP contribution in [-0.4, -0.2) is 50.3 Å². The highest BCUT2D eigenvalue weighted by molar-refractivity contribution is 8.00. The maximum atomic E-state index is 11.6. The smallest absolute Gasteiger partial charge is 0.234 e. The van der Waals surface area contributed by atoms with Gasteiger partial charge in [0, 0.05) is 24.9 Å². The molecule has 2 N–H and O–H groups in total. The number of carbonyl (C=O) groups is 1. The first kappa shape index (κ1) is 16.7. The van der Waals surface area contributed by atoms with Crippen LogP contribution in [0.15, 0.2) is 0 Å². The minimum Gasteiger partial charge on any atom is -0.383 e. The van der Waals surface area contributed by atoms with Crippen molar-refractivity contribution < 1.29 is 9.53 Å². The molecule has 1 amide bonds. The van der Waals surface area contributed by atoms with Gasteiger partial charge in [-0.1, -0.05) is 13.8 Å². The molecular weight excluding hydrogens is 236 g/mol. The molecular formula is C12H26N2O2S. The third-order valence-electron chi connectivity index (χ3n) is 3.10. The van der Waals surface area contributed by atoms with Crippen molar-refractivity contribution in [3.63, 3.8) is 0 Å². The van der Waals surface area contributed by atoms with Crippen LogP contribution in [0.2, 0.25) is 0 Å². The summed E-state index contributed by atoms with van der Waals surface area (Å²) >= 11 is 1.84. The standard InChI is InChI=1S/C12H26N2O2S/c1-5-12(6-2,17-4)10-14-11(15)9-13-7-8-16-3/h13H,5-10H2,1-4H3,(H,14,15). The highest BCUT2D eigenvalue weighted by Crippen LogP contribution is 2.29. The summed E-state index contributed by atoms with van der Waals surface area (Å²) in [6, 6.07) is 0. The molecule has 0 radical (unpaired) electrons. The van der Waals surface area contributed by atoms with Gasteiger partial charge < -0.3 is 15.4 Å². The average Bonchev–Trinajstić information content (AvgIpc) is 2.37. The number of methoxy groups -OCH3 is 1. The summed E-state index contributed by atoms with van der Waals surface area (Å²) in [4.78, 5) is 11.6. The molecule has 5 heteroatoms. The normalized spacial score (nSPS) is 11.5. The zero-order valence-corrected chi connectivity index (χ0v) is 12.3. The number of ether oxygens (including phenoxy) is 1. The van der Waals surface area contributed by atoms with E-state index in [9.17, 15) is 4.79 Å². The number of nitrogens with one attached hydrogen (secondary N) is 2. The van der Waals surface area contributed by atoms with E-state index in [0.29, 0.717) is 19.7 Å². The molecule has 17 heavy (non-hydrogen) atoms. The highest BCUT2D eigenvalue weighted by Gasteiger charge is 2.25. The van der Waals surface area contributed by atoms with Crippen LogP contribution in [0.5, 0.6) is 0 Å². The van der Waals surface area contributed by atoms with Crippen LogP contribution >= 0.6 is 11.8 Å². The summed E-state index contributed by atoms with van der Waals surface area (Å²) in [5.74, 6) is 0.0569. The Balaban J connectivity index is 3.81. The number of thioether (sulfide) groups is 1. The molecule has 0 aromatic heterocycles. The molecule has 0 rings (SSSR count). The first-order chi connectivity index (χ1) is 8.14. The zero-order chi connectivity index (χ0) is 13.1. The quantitative estimate of drug-likeness (QED) is 0.582. The van der Waals surface area contributed by atoms with Crippen molar-refractivity contribution in [1.29, 1.82) is 0 Å². The summed E-state index contributed by atoms with van der Waals surface area (Å²) in [7, 11) is 1.65. The van der Waals surface area contributed by atoms with Gasteiger partial charge in [0.15, 0.2) is 0 Å². The van der Waals surface area contributed by atoms with E-state index in [0.717, 1.165) is 19.4 Å². The summed E-state index contributed by atoms with van der Waals surface area (Å²) in [6.07, 6.45) is 4.25. The SMILES string of the molecule is CCC(CC)(CNC(=O)CNCCOC)SC. The molecule has 0 bridgehead atoms. The van der Waals surface area contributed by atoms with Crippen LogP contribution in [0.1, 0.15) is 26.7 Å². The molecule has 0 heterocycles. The maximum absolute atomic E-state index is 11.6. The number of amides is 1. The monoisotopic (exact) mass is 262 g/mol. The largest absolute Gasteiger partial charge is 0.383 e. The first-order valence-electron chi connectivity index (χ1n) is 6.15. The molecule has 0 spiro atoms. The van der Waals surface area contributed by atoms with E-state index in [1.807, 2.05) is 11.8 Å². The first-order valence-corrected chi connectivity index (χ1v) is 7.38. The van der Waals surface area contributed by atoms with Gasteiger partial charge in [-0.25, -0.2) is 0 Å². The Morgan fingerprint density at radius 3 is 2.47 bits per heavy atom. The van der Waals surface area contributed by atoms with Gasteiger partial charge in [0.2, 0.25) is 5.91 Å². The van der Waals surface area contributed by atoms with Gasteiger partial charge in [0.1, 0.15) is 0 Å². The molecule has 0 aliphatic rings. The lowest BCUT2D eigenvalue weighted by Crippen LogP contribution is -2.43. The van der Waals surface area contributed by atoms with Crippen molar-refractivity contribution in [2.24, 2.45) is 0 Å². The number of rotatable bonds is 10. The molecule has 0 unspecified atom stereocenters. The maximum Gasteiger partial charge on any atom is 0.234 e. The third-order valence-corrected chi connectivity index (χ3v) is 4.69. The molecule has 0 saturated heterocycles. The fraction of sp³-hybridized carbons (Fsp3) is 0.917. The lowest BCUT2D eigenvalue weighted by molar-refractivity contribution is -0.120. The number of hydrogen-bond acceptors (Lipinski definition) is 4. The van der Waals surface area contributed by atoms with Crippen LogP contribution in [0.3, 0.4) is 0 Å². The van der Waals surface area contributed by atoms with Crippen molar-refractivity contribution >= 4 is 17.7 Å². The molecule has 0 aliphatic carbocycles. The van der Waals surface area contributed by atoms with E-state index >= 15 is 0 Å². The second kappa shape index (κ2) is 9.74. The fourth-order valence-corrected chi connectivity index (χ4v) is 2.35. The van der Waals surface area contributed by atoms with Crippen LogP contribution in [0.4, 0.5) is 0 Å². The van der Waals surface area contributed by atoms with Crippen LogP contribution in [0.25, 0.3) is 0 Å². The van der Waals surface area contributed by atoms with Crippen LogP contribution < -0.4 is 10.6 Å².